The summed E-state index contributed by atoms with van der Waals surface area (Å²) < 4.78 is 0. The summed E-state index contributed by atoms with van der Waals surface area (Å²) in [7, 11) is 0. The molecular weight excluding hydrogens is 393 g/mol. The molecule has 27 heavy (non-hydrogen) atoms. The van der Waals surface area contributed by atoms with E-state index in [4.69, 9.17) is 28.3 Å². The topological polar surface area (TPSA) is 87.5 Å². The number of piperazine rings is 1. The van der Waals surface area contributed by atoms with E-state index in [0.29, 0.717) is 41.8 Å². The van der Waals surface area contributed by atoms with Gasteiger partial charge in [0.1, 0.15) is 18.6 Å². The van der Waals surface area contributed by atoms with Gasteiger partial charge in [-0.15, -0.1) is 0 Å². The highest BCUT2D eigenvalue weighted by Gasteiger charge is 2.46. The van der Waals surface area contributed by atoms with Crippen molar-refractivity contribution in [2.24, 2.45) is 0 Å². The van der Waals surface area contributed by atoms with Crippen LogP contribution < -0.4 is 0 Å². The van der Waals surface area contributed by atoms with E-state index in [2.05, 4.69) is 9.80 Å². The highest BCUT2D eigenvalue weighted by atomic mass is 35.5. The van der Waals surface area contributed by atoms with Crippen LogP contribution in [0.5, 0.6) is 5.75 Å². The standard InChI is InChI=1S/C18H23Cl2N3O4/c19-13-1-2-14(25)17(18(13)20)10-3-11-5-21(8-15(26)23(11)4-10)12-6-22(7-12)16(27)9-24/h1-2,10-12,15,24-26H,3-9H2/t10-,11-,15?/m0/s1. The van der Waals surface area contributed by atoms with Crippen molar-refractivity contribution in [3.05, 3.63) is 27.7 Å². The monoisotopic (exact) mass is 415 g/mol. The number of hydrogen-bond acceptors (Lipinski definition) is 6. The molecule has 9 heteroatoms. The second-order valence-corrected chi connectivity index (χ2v) is 8.41. The number of carbonyl (C=O) groups excluding carboxylic acids is 1. The first-order valence-electron chi connectivity index (χ1n) is 9.12. The van der Waals surface area contributed by atoms with Gasteiger partial charge >= 0.3 is 0 Å². The fourth-order valence-corrected chi connectivity index (χ4v) is 5.07. The first kappa shape index (κ1) is 19.2. The first-order chi connectivity index (χ1) is 12.9. The molecule has 0 spiro atoms. The molecule has 3 aliphatic rings. The van der Waals surface area contributed by atoms with Gasteiger partial charge in [0.2, 0.25) is 5.91 Å². The Labute approximate surface area is 167 Å². The quantitative estimate of drug-likeness (QED) is 0.673. The lowest BCUT2D eigenvalue weighted by Gasteiger charge is -2.50. The van der Waals surface area contributed by atoms with Crippen molar-refractivity contribution in [1.29, 1.82) is 0 Å². The molecule has 1 aromatic carbocycles. The summed E-state index contributed by atoms with van der Waals surface area (Å²) in [6, 6.07) is 3.50. The van der Waals surface area contributed by atoms with E-state index < -0.39 is 12.8 Å². The van der Waals surface area contributed by atoms with Gasteiger partial charge in [-0.3, -0.25) is 14.6 Å². The number of nitrogens with zero attached hydrogens (tertiary/aromatic N) is 3. The van der Waals surface area contributed by atoms with Gasteiger partial charge < -0.3 is 20.2 Å². The van der Waals surface area contributed by atoms with E-state index in [1.807, 2.05) is 0 Å². The summed E-state index contributed by atoms with van der Waals surface area (Å²) >= 11 is 12.5. The molecular formula is C18H23Cl2N3O4. The molecule has 1 unspecified atom stereocenters. The Morgan fingerprint density at radius 3 is 2.56 bits per heavy atom. The average molecular weight is 416 g/mol. The van der Waals surface area contributed by atoms with Gasteiger partial charge in [-0.05, 0) is 18.6 Å². The minimum Gasteiger partial charge on any atom is -0.508 e. The van der Waals surface area contributed by atoms with Crippen molar-refractivity contribution in [1.82, 2.24) is 14.7 Å². The van der Waals surface area contributed by atoms with E-state index >= 15 is 0 Å². The lowest BCUT2D eigenvalue weighted by atomic mass is 9.94. The maximum absolute atomic E-state index is 11.5. The summed E-state index contributed by atoms with van der Waals surface area (Å²) in [6.45, 7) is 2.64. The molecule has 0 saturated carbocycles. The number of likely N-dealkylation sites (tertiary alicyclic amines) is 1. The van der Waals surface area contributed by atoms with Crippen molar-refractivity contribution in [3.8, 4) is 5.75 Å². The Kier molecular flexibility index (Phi) is 5.26. The van der Waals surface area contributed by atoms with E-state index in [-0.39, 0.29) is 29.7 Å². The van der Waals surface area contributed by atoms with E-state index in [9.17, 15) is 15.0 Å². The first-order valence-corrected chi connectivity index (χ1v) is 9.88. The highest BCUT2D eigenvalue weighted by Crippen LogP contribution is 2.44. The molecule has 0 aromatic heterocycles. The maximum atomic E-state index is 11.5. The lowest BCUT2D eigenvalue weighted by Crippen LogP contribution is -2.67. The molecule has 3 saturated heterocycles. The lowest BCUT2D eigenvalue weighted by molar-refractivity contribution is -0.146. The number of amides is 1. The highest BCUT2D eigenvalue weighted by molar-refractivity contribution is 6.42. The number of halogens is 2. The average Bonchev–Trinajstić information content (AvgIpc) is 3.01. The molecule has 3 fully saturated rings. The number of aliphatic hydroxyl groups excluding tert-OH is 2. The number of phenolic OH excluding ortho intramolecular Hbond substituents is 1. The van der Waals surface area contributed by atoms with E-state index in [0.717, 1.165) is 13.0 Å². The van der Waals surface area contributed by atoms with Gasteiger partial charge in [0.15, 0.2) is 0 Å². The van der Waals surface area contributed by atoms with Crippen LogP contribution in [0.15, 0.2) is 12.1 Å². The van der Waals surface area contributed by atoms with Gasteiger partial charge in [-0.2, -0.15) is 0 Å². The van der Waals surface area contributed by atoms with Crippen molar-refractivity contribution < 1.29 is 20.1 Å². The van der Waals surface area contributed by atoms with Gasteiger partial charge in [0.25, 0.3) is 0 Å². The number of β-amino-alcohol motifs (C(OH)–C–C–N with tert-alkyl or cyclic N) is 1. The minimum atomic E-state index is -0.601. The molecule has 3 N–H and O–H groups in total. The van der Waals surface area contributed by atoms with Crippen LogP contribution in [0.2, 0.25) is 10.0 Å². The number of phenols is 1. The number of rotatable bonds is 3. The van der Waals surface area contributed by atoms with Crippen LogP contribution in [0.4, 0.5) is 0 Å². The second-order valence-electron chi connectivity index (χ2n) is 7.62. The summed E-state index contributed by atoms with van der Waals surface area (Å²) in [5.41, 5.74) is 0.653. The van der Waals surface area contributed by atoms with Crippen molar-refractivity contribution in [2.45, 2.75) is 30.7 Å². The number of hydrogen-bond donors (Lipinski definition) is 3. The zero-order chi connectivity index (χ0) is 19.3. The molecule has 148 valence electrons. The van der Waals surface area contributed by atoms with Crippen molar-refractivity contribution >= 4 is 29.1 Å². The molecule has 0 bridgehead atoms. The van der Waals surface area contributed by atoms with Crippen LogP contribution >= 0.6 is 23.2 Å². The molecule has 4 rings (SSSR count). The van der Waals surface area contributed by atoms with Crippen LogP contribution in [0.3, 0.4) is 0 Å². The van der Waals surface area contributed by atoms with Gasteiger partial charge in [0, 0.05) is 56.3 Å². The Morgan fingerprint density at radius 2 is 1.85 bits per heavy atom. The van der Waals surface area contributed by atoms with Crippen molar-refractivity contribution in [3.63, 3.8) is 0 Å². The Hall–Kier alpha value is -1.09. The summed E-state index contributed by atoms with van der Waals surface area (Å²) in [5, 5.41) is 30.7. The fraction of sp³-hybridized carbons (Fsp3) is 0.611. The number of benzene rings is 1. The number of aliphatic hydroxyl groups is 2. The van der Waals surface area contributed by atoms with Gasteiger partial charge in [0.05, 0.1) is 10.0 Å². The summed E-state index contributed by atoms with van der Waals surface area (Å²) in [4.78, 5) is 17.4. The minimum absolute atomic E-state index is 0.00431. The molecule has 3 atom stereocenters. The number of fused-ring (bicyclic) bond motifs is 1. The molecule has 1 amide bonds. The zero-order valence-corrected chi connectivity index (χ0v) is 16.3. The van der Waals surface area contributed by atoms with Crippen LogP contribution in [-0.4, -0.2) is 93.6 Å². The third kappa shape index (κ3) is 3.41. The van der Waals surface area contributed by atoms with Crippen LogP contribution in [0, 0.1) is 0 Å². The second kappa shape index (κ2) is 7.39. The zero-order valence-electron chi connectivity index (χ0n) is 14.8. The fourth-order valence-electron chi connectivity index (χ4n) is 4.59. The van der Waals surface area contributed by atoms with E-state index in [1.54, 1.807) is 17.0 Å². The maximum Gasteiger partial charge on any atom is 0.248 e. The molecule has 1 aromatic rings. The predicted octanol–water partition coefficient (Wildman–Crippen LogP) is 0.694. The van der Waals surface area contributed by atoms with Gasteiger partial charge in [-0.1, -0.05) is 23.2 Å². The Bertz CT molecular complexity index is 744. The molecule has 3 heterocycles. The van der Waals surface area contributed by atoms with Crippen molar-refractivity contribution in [2.75, 3.05) is 39.3 Å². The Balaban J connectivity index is 1.45. The molecule has 3 aliphatic heterocycles. The Morgan fingerprint density at radius 1 is 1.11 bits per heavy atom. The third-order valence-corrected chi connectivity index (χ3v) is 6.89. The SMILES string of the molecule is O=C(CO)N1CC(N2CC(O)N3C[C@@H](c4c(O)ccc(Cl)c4Cl)C[C@H]3C2)C1. The normalized spacial score (nSPS) is 29.6. The summed E-state index contributed by atoms with van der Waals surface area (Å²) in [6.07, 6.45) is 0.171. The number of carbonyl (C=O) groups is 1. The van der Waals surface area contributed by atoms with Crippen LogP contribution in [0.25, 0.3) is 0 Å². The van der Waals surface area contributed by atoms with Gasteiger partial charge in [-0.25, -0.2) is 0 Å². The largest absolute Gasteiger partial charge is 0.508 e. The molecule has 0 radical (unpaired) electrons. The number of aromatic hydroxyl groups is 1. The third-order valence-electron chi connectivity index (χ3n) is 6.07. The molecule has 7 nitrogen and oxygen atoms in total. The summed E-state index contributed by atoms with van der Waals surface area (Å²) in [5.74, 6) is -0.111. The molecule has 0 aliphatic carbocycles. The smallest absolute Gasteiger partial charge is 0.248 e. The predicted molar refractivity (Wildman–Crippen MR) is 101 cm³/mol. The van der Waals surface area contributed by atoms with Crippen LogP contribution in [0.1, 0.15) is 17.9 Å². The van der Waals surface area contributed by atoms with Crippen LogP contribution in [-0.2, 0) is 4.79 Å². The van der Waals surface area contributed by atoms with E-state index in [1.165, 1.54) is 0 Å².